The van der Waals surface area contributed by atoms with Gasteiger partial charge < -0.3 is 9.47 Å². The Bertz CT molecular complexity index is 310. The van der Waals surface area contributed by atoms with Crippen molar-refractivity contribution < 1.29 is 9.47 Å². The minimum absolute atomic E-state index is 0.364. The Labute approximate surface area is 81.2 Å². The summed E-state index contributed by atoms with van der Waals surface area (Å²) in [7, 11) is 0.441. The number of hydrogen-bond donors (Lipinski definition) is 0. The van der Waals surface area contributed by atoms with Crippen molar-refractivity contribution in [2.24, 2.45) is 0 Å². The molecule has 1 aliphatic rings. The van der Waals surface area contributed by atoms with Crippen molar-refractivity contribution in [3.05, 3.63) is 23.8 Å². The molecule has 0 radical (unpaired) electrons. The minimum Gasteiger partial charge on any atom is -0.454 e. The molecule has 13 heavy (non-hydrogen) atoms. The molecule has 0 N–H and O–H groups in total. The molecule has 2 nitrogen and oxygen atoms in total. The topological polar surface area (TPSA) is 18.5 Å². The molecule has 3 heteroatoms. The second-order valence-corrected chi connectivity index (χ2v) is 5.58. The van der Waals surface area contributed by atoms with E-state index in [0.29, 0.717) is 17.7 Å². The van der Waals surface area contributed by atoms with Crippen LogP contribution in [0, 0.1) is 0 Å². The van der Waals surface area contributed by atoms with Crippen LogP contribution in [0.25, 0.3) is 0 Å². The zero-order chi connectivity index (χ0) is 9.26. The van der Waals surface area contributed by atoms with Gasteiger partial charge in [0.2, 0.25) is 6.79 Å². The van der Waals surface area contributed by atoms with E-state index in [4.69, 9.17) is 9.47 Å². The third-order valence-electron chi connectivity index (χ3n) is 1.89. The second-order valence-electron chi connectivity index (χ2n) is 3.32. The molecule has 1 aromatic carbocycles. The number of hydrogen-bond acceptors (Lipinski definition) is 2. The molecule has 0 bridgehead atoms. The molecule has 1 heterocycles. The summed E-state index contributed by atoms with van der Waals surface area (Å²) >= 11 is 0. The van der Waals surface area contributed by atoms with E-state index in [-0.39, 0.29) is 0 Å². The van der Waals surface area contributed by atoms with E-state index in [1.807, 2.05) is 6.07 Å². The Hall–Kier alpha value is -0.830. The van der Waals surface area contributed by atoms with Crippen LogP contribution in [0.3, 0.4) is 0 Å². The van der Waals surface area contributed by atoms with Crippen LogP contribution in [0.4, 0.5) is 0 Å². The molecule has 0 atom stereocenters. The molecule has 70 valence electrons. The molecule has 0 aliphatic carbocycles. The zero-order valence-electron chi connectivity index (χ0n) is 7.87. The highest BCUT2D eigenvalue weighted by molar-refractivity contribution is 7.94. The van der Waals surface area contributed by atoms with Gasteiger partial charge in [-0.05, 0) is 23.0 Å². The van der Waals surface area contributed by atoms with Crippen LogP contribution in [0.1, 0.15) is 5.56 Å². The van der Waals surface area contributed by atoms with E-state index in [9.17, 15) is 0 Å². The predicted molar refractivity (Wildman–Crippen MR) is 55.5 cm³/mol. The van der Waals surface area contributed by atoms with E-state index in [1.165, 1.54) is 5.56 Å². The zero-order valence-corrected chi connectivity index (χ0v) is 8.69. The van der Waals surface area contributed by atoms with Crippen LogP contribution in [0.2, 0.25) is 0 Å². The molecule has 0 amide bonds. The normalized spacial score (nSPS) is 13.8. The summed E-state index contributed by atoms with van der Waals surface area (Å²) in [6, 6.07) is 6.18. The summed E-state index contributed by atoms with van der Waals surface area (Å²) in [5, 5.41) is 0. The second kappa shape index (κ2) is 3.50. The van der Waals surface area contributed by atoms with Gasteiger partial charge in [0.05, 0.1) is 12.5 Å². The van der Waals surface area contributed by atoms with Crippen LogP contribution in [0.15, 0.2) is 18.2 Å². The summed E-state index contributed by atoms with van der Waals surface area (Å²) < 4.78 is 10.5. The highest BCUT2D eigenvalue weighted by atomic mass is 32.2. The number of rotatable bonds is 2. The molecule has 0 saturated carbocycles. The fraction of sp³-hybridized carbons (Fsp3) is 0.400. The standard InChI is InChI=1S/C10H13O2S/c1-13(2)6-8-3-4-9-10(5-8)12-7-11-9/h3-5H,6-7H2,1-2H3/q+1. The maximum absolute atomic E-state index is 5.30. The Morgan fingerprint density at radius 1 is 1.23 bits per heavy atom. The monoisotopic (exact) mass is 197 g/mol. The molecule has 0 unspecified atom stereocenters. The van der Waals surface area contributed by atoms with E-state index in [2.05, 4.69) is 24.6 Å². The largest absolute Gasteiger partial charge is 0.454 e. The quantitative estimate of drug-likeness (QED) is 0.673. The highest BCUT2D eigenvalue weighted by Crippen LogP contribution is 2.32. The van der Waals surface area contributed by atoms with Gasteiger partial charge in [0.25, 0.3) is 0 Å². The molecule has 0 saturated heterocycles. The lowest BCUT2D eigenvalue weighted by molar-refractivity contribution is 0.174. The molecule has 0 fully saturated rings. The summed E-state index contributed by atoms with van der Waals surface area (Å²) in [6.07, 6.45) is 4.48. The fourth-order valence-electron chi connectivity index (χ4n) is 1.36. The van der Waals surface area contributed by atoms with Crippen molar-refractivity contribution >= 4 is 10.9 Å². The molecule has 1 aromatic rings. The van der Waals surface area contributed by atoms with Crippen molar-refractivity contribution in [1.82, 2.24) is 0 Å². The molecule has 0 spiro atoms. The van der Waals surface area contributed by atoms with Crippen LogP contribution >= 0.6 is 0 Å². The summed E-state index contributed by atoms with van der Waals surface area (Å²) in [5.41, 5.74) is 1.33. The first-order valence-electron chi connectivity index (χ1n) is 4.18. The average Bonchev–Trinajstić information content (AvgIpc) is 2.49. The summed E-state index contributed by atoms with van der Waals surface area (Å²) in [5.74, 6) is 2.88. The van der Waals surface area contributed by atoms with E-state index >= 15 is 0 Å². The minimum atomic E-state index is 0.364. The Morgan fingerprint density at radius 3 is 2.77 bits per heavy atom. The Kier molecular flexibility index (Phi) is 2.36. The van der Waals surface area contributed by atoms with E-state index < -0.39 is 0 Å². The molecular weight excluding hydrogens is 184 g/mol. The van der Waals surface area contributed by atoms with Crippen LogP contribution < -0.4 is 9.47 Å². The number of fused-ring (bicyclic) bond motifs is 1. The Morgan fingerprint density at radius 2 is 2.00 bits per heavy atom. The number of ether oxygens (including phenoxy) is 2. The first kappa shape index (κ1) is 8.75. The van der Waals surface area contributed by atoms with Gasteiger partial charge in [0, 0.05) is 5.56 Å². The summed E-state index contributed by atoms with van der Waals surface area (Å²) in [4.78, 5) is 0. The maximum atomic E-state index is 5.30. The van der Waals surface area contributed by atoms with E-state index in [0.717, 1.165) is 17.3 Å². The predicted octanol–water partition coefficient (Wildman–Crippen LogP) is 1.79. The average molecular weight is 197 g/mol. The Balaban J connectivity index is 2.21. The first-order valence-corrected chi connectivity index (χ1v) is 6.39. The molecule has 0 aromatic heterocycles. The smallest absolute Gasteiger partial charge is 0.231 e. The molecular formula is C10H13O2S+. The first-order chi connectivity index (χ1) is 6.25. The molecule has 1 aliphatic heterocycles. The highest BCUT2D eigenvalue weighted by Gasteiger charge is 2.14. The lowest BCUT2D eigenvalue weighted by atomic mass is 10.2. The van der Waals surface area contributed by atoms with E-state index in [1.54, 1.807) is 0 Å². The van der Waals surface area contributed by atoms with Crippen molar-refractivity contribution in [1.29, 1.82) is 0 Å². The van der Waals surface area contributed by atoms with Crippen LogP contribution in [-0.4, -0.2) is 19.3 Å². The number of benzene rings is 1. The van der Waals surface area contributed by atoms with Crippen LogP contribution in [-0.2, 0) is 16.6 Å². The van der Waals surface area contributed by atoms with Crippen molar-refractivity contribution in [2.45, 2.75) is 5.75 Å². The van der Waals surface area contributed by atoms with Gasteiger partial charge >= 0.3 is 0 Å². The van der Waals surface area contributed by atoms with Crippen molar-refractivity contribution in [2.75, 3.05) is 19.3 Å². The lowest BCUT2D eigenvalue weighted by Gasteiger charge is -2.00. The lowest BCUT2D eigenvalue weighted by Crippen LogP contribution is -1.98. The summed E-state index contributed by atoms with van der Waals surface area (Å²) in [6.45, 7) is 0.364. The molecule has 2 rings (SSSR count). The third-order valence-corrected chi connectivity index (χ3v) is 2.80. The SMILES string of the molecule is C[S+](C)Cc1ccc2c(c1)OCO2. The fourth-order valence-corrected chi connectivity index (χ4v) is 2.21. The van der Waals surface area contributed by atoms with Gasteiger partial charge in [-0.3, -0.25) is 0 Å². The van der Waals surface area contributed by atoms with Gasteiger partial charge in [-0.15, -0.1) is 0 Å². The van der Waals surface area contributed by atoms with Gasteiger partial charge in [0.15, 0.2) is 11.5 Å². The van der Waals surface area contributed by atoms with Gasteiger partial charge in [-0.25, -0.2) is 0 Å². The van der Waals surface area contributed by atoms with Gasteiger partial charge in [-0.1, -0.05) is 6.07 Å². The van der Waals surface area contributed by atoms with Crippen molar-refractivity contribution in [3.63, 3.8) is 0 Å². The van der Waals surface area contributed by atoms with Crippen molar-refractivity contribution in [3.8, 4) is 11.5 Å². The van der Waals surface area contributed by atoms with Gasteiger partial charge in [0.1, 0.15) is 5.75 Å². The van der Waals surface area contributed by atoms with Gasteiger partial charge in [-0.2, -0.15) is 0 Å². The van der Waals surface area contributed by atoms with Crippen LogP contribution in [0.5, 0.6) is 11.5 Å². The third kappa shape index (κ3) is 1.91. The maximum Gasteiger partial charge on any atom is 0.231 e.